The molecular weight excluding hydrogens is 391 g/mol. The zero-order valence-electron chi connectivity index (χ0n) is 18.6. The monoisotopic (exact) mass is 420 g/mol. The fraction of sp³-hybridized carbons (Fsp3) is 0.400. The van der Waals surface area contributed by atoms with Crippen molar-refractivity contribution in [1.82, 2.24) is 14.9 Å². The molecule has 0 N–H and O–H groups in total. The second-order valence-electron chi connectivity index (χ2n) is 8.50. The normalized spacial score (nSPS) is 21.6. The molecule has 2 aliphatic heterocycles. The third-order valence-corrected chi connectivity index (χ3v) is 6.26. The van der Waals surface area contributed by atoms with Gasteiger partial charge in [0.05, 0.1) is 0 Å². The first-order valence-electron chi connectivity index (χ1n) is 10.8. The van der Waals surface area contributed by atoms with E-state index in [0.717, 1.165) is 54.7 Å². The van der Waals surface area contributed by atoms with E-state index in [1.165, 1.54) is 12.1 Å². The summed E-state index contributed by atoms with van der Waals surface area (Å²) in [5.74, 6) is 1.33. The topological polar surface area (TPSA) is 49.3 Å². The smallest absolute Gasteiger partial charge is 0.254 e. The van der Waals surface area contributed by atoms with Crippen molar-refractivity contribution < 1.29 is 9.18 Å². The van der Waals surface area contributed by atoms with Gasteiger partial charge in [0.2, 0.25) is 5.95 Å². The van der Waals surface area contributed by atoms with Gasteiger partial charge in [-0.15, -0.1) is 0 Å². The highest BCUT2D eigenvalue weighted by Gasteiger charge is 2.43. The van der Waals surface area contributed by atoms with Gasteiger partial charge in [-0.05, 0) is 57.0 Å². The highest BCUT2D eigenvalue weighted by atomic mass is 19.1. The van der Waals surface area contributed by atoms with Crippen molar-refractivity contribution >= 4 is 17.4 Å². The molecule has 31 heavy (non-hydrogen) atoms. The Morgan fingerprint density at radius 3 is 2.19 bits per heavy atom. The first-order valence-corrected chi connectivity index (χ1v) is 10.8. The van der Waals surface area contributed by atoms with Crippen molar-refractivity contribution in [3.05, 3.63) is 70.8 Å². The average Bonchev–Trinajstić information content (AvgIpc) is 3.30. The van der Waals surface area contributed by atoms with Gasteiger partial charge in [0.25, 0.3) is 5.91 Å². The number of hydrogen-bond acceptors (Lipinski definition) is 4. The molecule has 1 aromatic heterocycles. The summed E-state index contributed by atoms with van der Waals surface area (Å²) in [5.41, 5.74) is 4.08. The molecule has 2 saturated heterocycles. The predicted molar refractivity (Wildman–Crippen MR) is 121 cm³/mol. The number of carbonyl (C=O) groups is 1. The molecule has 0 bridgehead atoms. The number of benzene rings is 1. The van der Waals surface area contributed by atoms with Crippen LogP contribution in [0.25, 0.3) is 5.57 Å². The Labute approximate surface area is 183 Å². The van der Waals surface area contributed by atoms with Gasteiger partial charge in [0, 0.05) is 55.0 Å². The van der Waals surface area contributed by atoms with Crippen LogP contribution < -0.4 is 4.90 Å². The molecule has 0 saturated carbocycles. The molecule has 4 rings (SSSR count). The molecule has 1 aromatic carbocycles. The van der Waals surface area contributed by atoms with Gasteiger partial charge in [-0.3, -0.25) is 4.79 Å². The number of likely N-dealkylation sites (tertiary alicyclic amines) is 1. The number of hydrogen-bond donors (Lipinski definition) is 0. The number of carbonyl (C=O) groups excluding carboxylic acids is 1. The molecule has 5 nitrogen and oxygen atoms in total. The maximum Gasteiger partial charge on any atom is 0.254 e. The van der Waals surface area contributed by atoms with E-state index in [-0.39, 0.29) is 11.7 Å². The van der Waals surface area contributed by atoms with E-state index >= 15 is 0 Å². The summed E-state index contributed by atoms with van der Waals surface area (Å²) < 4.78 is 13.8. The van der Waals surface area contributed by atoms with Gasteiger partial charge < -0.3 is 9.80 Å². The van der Waals surface area contributed by atoms with Crippen LogP contribution in [-0.2, 0) is 4.79 Å². The molecule has 2 aromatic rings. The number of allylic oxidation sites excluding steroid dienone is 2. The summed E-state index contributed by atoms with van der Waals surface area (Å²) in [6, 6.07) is 8.40. The third kappa shape index (κ3) is 4.24. The van der Waals surface area contributed by atoms with Gasteiger partial charge in [-0.1, -0.05) is 24.3 Å². The summed E-state index contributed by atoms with van der Waals surface area (Å²) >= 11 is 0. The van der Waals surface area contributed by atoms with Crippen LogP contribution in [0, 0.1) is 31.5 Å². The highest BCUT2D eigenvalue weighted by molar-refractivity contribution is 6.09. The van der Waals surface area contributed by atoms with Crippen LogP contribution in [0.15, 0.2) is 48.1 Å². The minimum Gasteiger partial charge on any atom is -0.340 e. The summed E-state index contributed by atoms with van der Waals surface area (Å²) in [5, 5.41) is 0. The Hall–Kier alpha value is -3.02. The second kappa shape index (κ2) is 8.61. The quantitative estimate of drug-likeness (QED) is 0.550. The molecule has 3 heterocycles. The number of fused-ring (bicyclic) bond motifs is 1. The first-order chi connectivity index (χ1) is 14.9. The molecule has 2 atom stereocenters. The molecule has 0 radical (unpaired) electrons. The molecule has 2 unspecified atom stereocenters. The predicted octanol–water partition coefficient (Wildman–Crippen LogP) is 4.18. The fourth-order valence-corrected chi connectivity index (χ4v) is 4.87. The lowest BCUT2D eigenvalue weighted by Crippen LogP contribution is -2.34. The average molecular weight is 421 g/mol. The Bertz CT molecular complexity index is 1030. The number of nitrogens with zero attached hydrogens (tertiary/aromatic N) is 4. The number of rotatable bonds is 4. The summed E-state index contributed by atoms with van der Waals surface area (Å²) in [7, 11) is 0. The van der Waals surface area contributed by atoms with Crippen molar-refractivity contribution in [2.75, 3.05) is 31.1 Å². The highest BCUT2D eigenvalue weighted by Crippen LogP contribution is 2.35. The van der Waals surface area contributed by atoms with Crippen LogP contribution in [0.2, 0.25) is 0 Å². The molecule has 2 fully saturated rings. The van der Waals surface area contributed by atoms with E-state index in [0.29, 0.717) is 17.4 Å². The number of aromatic nitrogens is 2. The SMILES string of the molecule is C/C=C(\C(=C/C)C(=O)N1CC2CN(c3nc(C)cc(C)n3)CC2C1)c1cccc(F)c1. The van der Waals surface area contributed by atoms with E-state index in [9.17, 15) is 9.18 Å². The van der Waals surface area contributed by atoms with Crippen LogP contribution in [0.4, 0.5) is 10.3 Å². The maximum atomic E-state index is 13.8. The minimum absolute atomic E-state index is 0.0171. The van der Waals surface area contributed by atoms with Crippen molar-refractivity contribution in [2.45, 2.75) is 27.7 Å². The van der Waals surface area contributed by atoms with Crippen LogP contribution in [0.3, 0.4) is 0 Å². The van der Waals surface area contributed by atoms with E-state index in [2.05, 4.69) is 14.9 Å². The number of aryl methyl sites for hydroxylation is 2. The van der Waals surface area contributed by atoms with Gasteiger partial charge >= 0.3 is 0 Å². The maximum absolute atomic E-state index is 13.8. The number of amides is 1. The van der Waals surface area contributed by atoms with E-state index in [1.54, 1.807) is 6.07 Å². The van der Waals surface area contributed by atoms with Crippen molar-refractivity contribution in [3.63, 3.8) is 0 Å². The summed E-state index contributed by atoms with van der Waals surface area (Å²) in [6.07, 6.45) is 3.73. The summed E-state index contributed by atoms with van der Waals surface area (Å²) in [6.45, 7) is 10.9. The zero-order chi connectivity index (χ0) is 22.1. The molecule has 2 aliphatic rings. The van der Waals surface area contributed by atoms with Crippen molar-refractivity contribution in [1.29, 1.82) is 0 Å². The molecule has 1 amide bonds. The van der Waals surface area contributed by atoms with E-state index in [4.69, 9.17) is 0 Å². The van der Waals surface area contributed by atoms with Gasteiger partial charge in [-0.25, -0.2) is 14.4 Å². The lowest BCUT2D eigenvalue weighted by atomic mass is 9.96. The number of halogens is 1. The van der Waals surface area contributed by atoms with E-state index in [1.807, 2.05) is 56.9 Å². The molecule has 0 aliphatic carbocycles. The molecule has 6 heteroatoms. The minimum atomic E-state index is -0.302. The Morgan fingerprint density at radius 1 is 1.00 bits per heavy atom. The van der Waals surface area contributed by atoms with Crippen molar-refractivity contribution in [2.24, 2.45) is 11.8 Å². The van der Waals surface area contributed by atoms with Gasteiger partial charge in [0.1, 0.15) is 5.82 Å². The summed E-state index contributed by atoms with van der Waals surface area (Å²) in [4.78, 5) is 26.8. The lowest BCUT2D eigenvalue weighted by Gasteiger charge is -2.24. The van der Waals surface area contributed by atoms with Crippen molar-refractivity contribution in [3.8, 4) is 0 Å². The third-order valence-electron chi connectivity index (χ3n) is 6.26. The van der Waals surface area contributed by atoms with Crippen LogP contribution in [0.1, 0.15) is 30.8 Å². The molecule has 0 spiro atoms. The standard InChI is InChI=1S/C25H29FN4O/c1-5-22(18-8-7-9-21(26)11-18)23(6-2)24(31)29-12-19-14-30(15-20(19)13-29)25-27-16(3)10-17(4)28-25/h5-11,19-20H,12-15H2,1-4H3/b22-5-,23-6+. The van der Waals surface area contributed by atoms with Crippen LogP contribution in [0.5, 0.6) is 0 Å². The van der Waals surface area contributed by atoms with Gasteiger partial charge in [-0.2, -0.15) is 0 Å². The Kier molecular flexibility index (Phi) is 5.90. The molecular formula is C25H29FN4O. The lowest BCUT2D eigenvalue weighted by molar-refractivity contribution is -0.125. The Balaban J connectivity index is 1.47. The van der Waals surface area contributed by atoms with Gasteiger partial charge in [0.15, 0.2) is 0 Å². The largest absolute Gasteiger partial charge is 0.340 e. The Morgan fingerprint density at radius 2 is 1.65 bits per heavy atom. The molecule has 162 valence electrons. The second-order valence-corrected chi connectivity index (χ2v) is 8.50. The fourth-order valence-electron chi connectivity index (χ4n) is 4.87. The van der Waals surface area contributed by atoms with E-state index < -0.39 is 0 Å². The first kappa shape index (κ1) is 21.2. The number of anilines is 1. The zero-order valence-corrected chi connectivity index (χ0v) is 18.6. The van der Waals surface area contributed by atoms with Crippen LogP contribution in [-0.4, -0.2) is 47.0 Å². The van der Waals surface area contributed by atoms with Crippen LogP contribution >= 0.6 is 0 Å².